The Morgan fingerprint density at radius 2 is 1.79 bits per heavy atom. The molecule has 5 nitrogen and oxygen atoms in total. The van der Waals surface area contributed by atoms with E-state index in [2.05, 4.69) is 4.98 Å². The molecule has 0 radical (unpaired) electrons. The Hall–Kier alpha value is -3.09. The number of methoxy groups -OCH3 is 1. The van der Waals surface area contributed by atoms with Crippen LogP contribution in [0.1, 0.15) is 10.4 Å². The number of carbonyl (C=O) groups excluding carboxylic acids is 1. The van der Waals surface area contributed by atoms with Crippen molar-refractivity contribution in [3.63, 3.8) is 0 Å². The third kappa shape index (κ3) is 4.34. The zero-order chi connectivity index (χ0) is 20.2. The van der Waals surface area contributed by atoms with E-state index >= 15 is 0 Å². The summed E-state index contributed by atoms with van der Waals surface area (Å²) in [7, 11) is 1.35. The first-order valence-electron chi connectivity index (χ1n) is 8.77. The number of aromatic nitrogens is 3. The van der Waals surface area contributed by atoms with Gasteiger partial charge in [0.05, 0.1) is 29.0 Å². The normalized spacial score (nSPS) is 10.7. The van der Waals surface area contributed by atoms with Gasteiger partial charge in [-0.15, -0.1) is 0 Å². The van der Waals surface area contributed by atoms with E-state index in [-0.39, 0.29) is 0 Å². The van der Waals surface area contributed by atoms with Crippen LogP contribution < -0.4 is 0 Å². The molecular formula is C22H16ClN3O2S. The molecule has 0 aliphatic heterocycles. The van der Waals surface area contributed by atoms with Crippen LogP contribution in [0.2, 0.25) is 5.02 Å². The van der Waals surface area contributed by atoms with E-state index in [4.69, 9.17) is 21.4 Å². The molecule has 7 heteroatoms. The van der Waals surface area contributed by atoms with Crippen molar-refractivity contribution in [1.29, 1.82) is 0 Å². The van der Waals surface area contributed by atoms with E-state index in [1.807, 2.05) is 65.5 Å². The van der Waals surface area contributed by atoms with Gasteiger partial charge in [0.25, 0.3) is 0 Å². The van der Waals surface area contributed by atoms with Gasteiger partial charge in [0, 0.05) is 22.3 Å². The van der Waals surface area contributed by atoms with Crippen molar-refractivity contribution in [2.24, 2.45) is 0 Å². The molecule has 0 saturated carbocycles. The van der Waals surface area contributed by atoms with E-state index in [9.17, 15) is 4.79 Å². The lowest BCUT2D eigenvalue weighted by atomic mass is 10.2. The largest absolute Gasteiger partial charge is 0.465 e. The maximum Gasteiger partial charge on any atom is 0.339 e. The molecule has 0 amide bonds. The van der Waals surface area contributed by atoms with Gasteiger partial charge in [-0.2, -0.15) is 5.10 Å². The van der Waals surface area contributed by atoms with Crippen LogP contribution in [0, 0.1) is 0 Å². The summed E-state index contributed by atoms with van der Waals surface area (Å²) in [4.78, 5) is 18.1. The fraction of sp³-hybridized carbons (Fsp3) is 0.0455. The van der Waals surface area contributed by atoms with Crippen LogP contribution in [0.25, 0.3) is 17.1 Å². The van der Waals surface area contributed by atoms with Crippen LogP contribution >= 0.6 is 23.4 Å². The van der Waals surface area contributed by atoms with Crippen LogP contribution in [0.5, 0.6) is 0 Å². The van der Waals surface area contributed by atoms with E-state index in [1.54, 1.807) is 23.9 Å². The lowest BCUT2D eigenvalue weighted by Crippen LogP contribution is -2.02. The van der Waals surface area contributed by atoms with Crippen LogP contribution in [0.15, 0.2) is 88.9 Å². The number of ether oxygens (including phenoxy) is 1. The highest BCUT2D eigenvalue weighted by Gasteiger charge is 2.16. The topological polar surface area (TPSA) is 57.0 Å². The first-order valence-corrected chi connectivity index (χ1v) is 9.97. The molecule has 2 aromatic heterocycles. The molecule has 0 aliphatic carbocycles. The quantitative estimate of drug-likeness (QED) is 0.397. The van der Waals surface area contributed by atoms with Crippen LogP contribution in [-0.2, 0) is 4.74 Å². The summed E-state index contributed by atoms with van der Waals surface area (Å²) >= 11 is 7.58. The molecule has 0 N–H and O–H groups in total. The van der Waals surface area contributed by atoms with Gasteiger partial charge in [-0.3, -0.25) is 4.98 Å². The number of benzene rings is 2. The highest BCUT2D eigenvalue weighted by Crippen LogP contribution is 2.35. The van der Waals surface area contributed by atoms with Crippen LogP contribution in [0.4, 0.5) is 0 Å². The number of hydrogen-bond acceptors (Lipinski definition) is 5. The number of esters is 1. The monoisotopic (exact) mass is 421 g/mol. The average molecular weight is 422 g/mol. The minimum Gasteiger partial charge on any atom is -0.465 e. The van der Waals surface area contributed by atoms with Gasteiger partial charge >= 0.3 is 5.97 Å². The van der Waals surface area contributed by atoms with Crippen molar-refractivity contribution in [2.45, 2.75) is 9.79 Å². The van der Waals surface area contributed by atoms with E-state index in [1.165, 1.54) is 13.3 Å². The van der Waals surface area contributed by atoms with Crippen molar-refractivity contribution >= 4 is 29.3 Å². The Balaban J connectivity index is 1.75. The van der Waals surface area contributed by atoms with Crippen LogP contribution in [0.3, 0.4) is 0 Å². The molecule has 0 aliphatic rings. The molecule has 0 saturated heterocycles. The summed E-state index contributed by atoms with van der Waals surface area (Å²) in [6.45, 7) is 0. The molecule has 4 rings (SSSR count). The molecule has 29 heavy (non-hydrogen) atoms. The molecule has 0 bridgehead atoms. The molecule has 0 atom stereocenters. The fourth-order valence-electron chi connectivity index (χ4n) is 2.73. The van der Waals surface area contributed by atoms with Gasteiger partial charge in [0.1, 0.15) is 5.69 Å². The van der Waals surface area contributed by atoms with Crippen molar-refractivity contribution < 1.29 is 9.53 Å². The molecule has 144 valence electrons. The van der Waals surface area contributed by atoms with Gasteiger partial charge < -0.3 is 4.74 Å². The van der Waals surface area contributed by atoms with Crippen LogP contribution in [-0.4, -0.2) is 27.8 Å². The van der Waals surface area contributed by atoms with Gasteiger partial charge in [-0.25, -0.2) is 9.48 Å². The number of nitrogens with zero attached hydrogens (tertiary/aromatic N) is 3. The summed E-state index contributed by atoms with van der Waals surface area (Å²) in [6.07, 6.45) is 3.47. The van der Waals surface area contributed by atoms with Crippen molar-refractivity contribution in [3.05, 3.63) is 89.7 Å². The Morgan fingerprint density at radius 3 is 2.45 bits per heavy atom. The lowest BCUT2D eigenvalue weighted by Gasteiger charge is -2.03. The summed E-state index contributed by atoms with van der Waals surface area (Å²) in [5.74, 6) is -0.422. The summed E-state index contributed by atoms with van der Waals surface area (Å²) in [5, 5.41) is 5.44. The fourth-order valence-corrected chi connectivity index (χ4v) is 3.77. The molecular weight excluding hydrogens is 406 g/mol. The zero-order valence-corrected chi connectivity index (χ0v) is 17.0. The second kappa shape index (κ2) is 8.51. The molecule has 0 unspecified atom stereocenters. The van der Waals surface area contributed by atoms with Gasteiger partial charge in [-0.05, 0) is 48.5 Å². The Labute approximate surface area is 177 Å². The highest BCUT2D eigenvalue weighted by atomic mass is 35.5. The Kier molecular flexibility index (Phi) is 5.64. The highest BCUT2D eigenvalue weighted by molar-refractivity contribution is 7.99. The van der Waals surface area contributed by atoms with Gasteiger partial charge in [-0.1, -0.05) is 41.6 Å². The molecule has 0 spiro atoms. The standard InChI is InChI=1S/C22H16ClN3O2S/c1-28-22(27)15-7-12-19(24-13-15)21-20(29-18-10-8-16(23)9-11-18)14-26(25-21)17-5-3-2-4-6-17/h2-14H,1H3. The maximum atomic E-state index is 11.7. The lowest BCUT2D eigenvalue weighted by molar-refractivity contribution is 0.0600. The first kappa shape index (κ1) is 19.2. The molecule has 2 heterocycles. The second-order valence-electron chi connectivity index (χ2n) is 6.10. The van der Waals surface area contributed by atoms with Gasteiger partial charge in [0.2, 0.25) is 0 Å². The summed E-state index contributed by atoms with van der Waals surface area (Å²) < 4.78 is 6.57. The van der Waals surface area contributed by atoms with Crippen molar-refractivity contribution in [1.82, 2.24) is 14.8 Å². The number of pyridine rings is 1. The van der Waals surface area contributed by atoms with Crippen molar-refractivity contribution in [2.75, 3.05) is 7.11 Å². The Bertz CT molecular complexity index is 1130. The molecule has 4 aromatic rings. The summed E-state index contributed by atoms with van der Waals surface area (Å²) in [6, 6.07) is 21.0. The third-order valence-electron chi connectivity index (χ3n) is 4.17. The predicted molar refractivity (Wildman–Crippen MR) is 114 cm³/mol. The third-order valence-corrected chi connectivity index (χ3v) is 5.45. The maximum absolute atomic E-state index is 11.7. The molecule has 2 aromatic carbocycles. The van der Waals surface area contributed by atoms with Crippen molar-refractivity contribution in [3.8, 4) is 17.1 Å². The number of halogens is 1. The van der Waals surface area contributed by atoms with E-state index in [0.29, 0.717) is 16.3 Å². The number of carbonyl (C=O) groups is 1. The minimum atomic E-state index is -0.422. The predicted octanol–water partition coefficient (Wildman–Crippen LogP) is 5.53. The SMILES string of the molecule is COC(=O)c1ccc(-c2nn(-c3ccccc3)cc2Sc2ccc(Cl)cc2)nc1. The summed E-state index contributed by atoms with van der Waals surface area (Å²) in [5.41, 5.74) is 2.74. The average Bonchev–Trinajstić information content (AvgIpc) is 3.19. The van der Waals surface area contributed by atoms with E-state index in [0.717, 1.165) is 21.2 Å². The smallest absolute Gasteiger partial charge is 0.339 e. The molecule has 0 fully saturated rings. The first-order chi connectivity index (χ1) is 14.1. The minimum absolute atomic E-state index is 0.394. The Morgan fingerprint density at radius 1 is 1.03 bits per heavy atom. The number of para-hydroxylation sites is 1. The second-order valence-corrected chi connectivity index (χ2v) is 7.65. The van der Waals surface area contributed by atoms with E-state index < -0.39 is 5.97 Å². The zero-order valence-electron chi connectivity index (χ0n) is 15.4. The van der Waals surface area contributed by atoms with Gasteiger partial charge in [0.15, 0.2) is 0 Å². The number of rotatable bonds is 5. The number of hydrogen-bond donors (Lipinski definition) is 0.